The Balaban J connectivity index is 0.000000496. The summed E-state index contributed by atoms with van der Waals surface area (Å²) in [5.74, 6) is -0.418. The van der Waals surface area contributed by atoms with Crippen molar-refractivity contribution in [2.45, 2.75) is 83.5 Å². The van der Waals surface area contributed by atoms with Crippen molar-refractivity contribution in [1.82, 2.24) is 0 Å². The molecule has 148 valence electrons. The monoisotopic (exact) mass is 360 g/mol. The molecule has 6 heteroatoms. The number of aliphatic hydroxyl groups is 2. The van der Waals surface area contributed by atoms with Gasteiger partial charge in [0.25, 0.3) is 0 Å². The van der Waals surface area contributed by atoms with E-state index in [1.54, 1.807) is 0 Å². The maximum absolute atomic E-state index is 10.2. The number of aliphatic carboxylic acids is 2. The largest absolute Gasteiger partial charge is 0.481 e. The van der Waals surface area contributed by atoms with Gasteiger partial charge in [0.2, 0.25) is 0 Å². The summed E-state index contributed by atoms with van der Waals surface area (Å²) in [5, 5.41) is 34.3. The van der Waals surface area contributed by atoms with Crippen molar-refractivity contribution < 1.29 is 30.0 Å². The zero-order chi connectivity index (χ0) is 18.9. The number of rotatable bonds is 12. The predicted molar refractivity (Wildman–Crippen MR) is 96.4 cm³/mol. The number of aliphatic hydroxyl groups excluding tert-OH is 2. The molecule has 0 aromatic carbocycles. The fraction of sp³-hybridized carbons (Fsp3) is 0.895. The third-order valence-electron chi connectivity index (χ3n) is 4.76. The van der Waals surface area contributed by atoms with Gasteiger partial charge in [-0.15, -0.1) is 0 Å². The first kappa shape index (κ1) is 23.9. The molecule has 0 aromatic rings. The van der Waals surface area contributed by atoms with Crippen LogP contribution >= 0.6 is 0 Å². The molecular weight excluding hydrogens is 324 g/mol. The van der Waals surface area contributed by atoms with E-state index in [4.69, 9.17) is 20.4 Å². The van der Waals surface area contributed by atoms with Crippen LogP contribution in [0.3, 0.4) is 0 Å². The van der Waals surface area contributed by atoms with Crippen molar-refractivity contribution >= 4 is 11.9 Å². The Morgan fingerprint density at radius 2 is 0.880 bits per heavy atom. The first-order valence-electron chi connectivity index (χ1n) is 9.64. The molecule has 4 N–H and O–H groups in total. The molecule has 1 aliphatic carbocycles. The van der Waals surface area contributed by atoms with Gasteiger partial charge in [0, 0.05) is 26.1 Å². The Bertz CT molecular complexity index is 305. The number of carboxylic acids is 2. The molecule has 1 rings (SSSR count). The van der Waals surface area contributed by atoms with Crippen LogP contribution in [0.1, 0.15) is 83.5 Å². The van der Waals surface area contributed by atoms with Gasteiger partial charge in [-0.25, -0.2) is 0 Å². The highest BCUT2D eigenvalue weighted by Crippen LogP contribution is 2.27. The second kappa shape index (κ2) is 16.3. The Labute approximate surface area is 151 Å². The third kappa shape index (κ3) is 16.1. The van der Waals surface area contributed by atoms with Gasteiger partial charge in [-0.05, 0) is 50.4 Å². The van der Waals surface area contributed by atoms with E-state index < -0.39 is 11.9 Å². The van der Waals surface area contributed by atoms with E-state index in [0.29, 0.717) is 25.0 Å². The fourth-order valence-corrected chi connectivity index (χ4v) is 3.03. The second-order valence-electron chi connectivity index (χ2n) is 7.01. The van der Waals surface area contributed by atoms with Crippen molar-refractivity contribution in [2.24, 2.45) is 11.8 Å². The lowest BCUT2D eigenvalue weighted by molar-refractivity contribution is -0.138. The minimum Gasteiger partial charge on any atom is -0.481 e. The summed E-state index contributed by atoms with van der Waals surface area (Å²) >= 11 is 0. The molecule has 0 aliphatic heterocycles. The highest BCUT2D eigenvalue weighted by Gasteiger charge is 2.19. The van der Waals surface area contributed by atoms with Crippen molar-refractivity contribution in [3.8, 4) is 0 Å². The molecule has 6 nitrogen and oxygen atoms in total. The van der Waals surface area contributed by atoms with Crippen LogP contribution in [0, 0.1) is 11.8 Å². The quantitative estimate of drug-likeness (QED) is 0.396. The van der Waals surface area contributed by atoms with Crippen LogP contribution in [0.4, 0.5) is 0 Å². The lowest BCUT2D eigenvalue weighted by Crippen LogP contribution is -2.19. The summed E-state index contributed by atoms with van der Waals surface area (Å²) in [7, 11) is 0. The molecule has 0 aromatic heterocycles. The Kier molecular flexibility index (Phi) is 15.6. The molecule has 0 unspecified atom stereocenters. The van der Waals surface area contributed by atoms with Gasteiger partial charge in [0.15, 0.2) is 0 Å². The van der Waals surface area contributed by atoms with Gasteiger partial charge in [-0.3, -0.25) is 9.59 Å². The summed E-state index contributed by atoms with van der Waals surface area (Å²) in [6.45, 7) is 0.663. The standard InChI is InChI=1S/C11H20O4.C8H16O2/c12-10(13)8-6-4-2-1-3-5-7-9-11(14)15;9-5-7-1-2-8(6-10)4-3-7/h1-9H2,(H,12,13)(H,14,15);7-10H,1-6H2. The van der Waals surface area contributed by atoms with Gasteiger partial charge in [-0.2, -0.15) is 0 Å². The van der Waals surface area contributed by atoms with Gasteiger partial charge in [0.05, 0.1) is 0 Å². The van der Waals surface area contributed by atoms with Gasteiger partial charge < -0.3 is 20.4 Å². The highest BCUT2D eigenvalue weighted by molar-refractivity contribution is 5.66. The first-order valence-corrected chi connectivity index (χ1v) is 9.64. The third-order valence-corrected chi connectivity index (χ3v) is 4.76. The number of unbranched alkanes of at least 4 members (excludes halogenated alkanes) is 6. The van der Waals surface area contributed by atoms with Gasteiger partial charge in [0.1, 0.15) is 0 Å². The average molecular weight is 360 g/mol. The van der Waals surface area contributed by atoms with E-state index in [1.807, 2.05) is 0 Å². The Morgan fingerprint density at radius 3 is 1.12 bits per heavy atom. The number of hydrogen-bond donors (Lipinski definition) is 4. The number of hydrogen-bond acceptors (Lipinski definition) is 4. The Hall–Kier alpha value is -1.14. The van der Waals surface area contributed by atoms with Crippen LogP contribution < -0.4 is 0 Å². The minimum absolute atomic E-state index is 0.263. The van der Waals surface area contributed by atoms with Crippen molar-refractivity contribution in [1.29, 1.82) is 0 Å². The SMILES string of the molecule is O=C(O)CCCCCCCCCC(=O)O.OCC1CCC(CO)CC1. The van der Waals surface area contributed by atoms with Crippen LogP contribution in [0.5, 0.6) is 0 Å². The number of carbonyl (C=O) groups is 2. The minimum atomic E-state index is -0.726. The molecule has 1 fully saturated rings. The molecule has 0 bridgehead atoms. The van der Waals surface area contributed by atoms with E-state index in [1.165, 1.54) is 0 Å². The maximum Gasteiger partial charge on any atom is 0.303 e. The fourth-order valence-electron chi connectivity index (χ4n) is 3.03. The summed E-state index contributed by atoms with van der Waals surface area (Å²) in [5.41, 5.74) is 0. The zero-order valence-electron chi connectivity index (χ0n) is 15.4. The molecule has 0 spiro atoms. The van der Waals surface area contributed by atoms with E-state index in [9.17, 15) is 9.59 Å². The van der Waals surface area contributed by atoms with Crippen LogP contribution in [0.15, 0.2) is 0 Å². The summed E-state index contributed by atoms with van der Waals surface area (Å²) in [6.07, 6.45) is 11.6. The van der Waals surface area contributed by atoms with Gasteiger partial charge >= 0.3 is 11.9 Å². The van der Waals surface area contributed by atoms with E-state index in [-0.39, 0.29) is 12.8 Å². The predicted octanol–water partition coefficient (Wildman–Crippen LogP) is 3.44. The highest BCUT2D eigenvalue weighted by atomic mass is 16.4. The molecule has 1 saturated carbocycles. The van der Waals surface area contributed by atoms with Crippen molar-refractivity contribution in [3.05, 3.63) is 0 Å². The van der Waals surface area contributed by atoms with Crippen LogP contribution in [0.25, 0.3) is 0 Å². The molecule has 0 saturated heterocycles. The van der Waals surface area contributed by atoms with Crippen LogP contribution in [-0.2, 0) is 9.59 Å². The average Bonchev–Trinajstić information content (AvgIpc) is 2.60. The smallest absolute Gasteiger partial charge is 0.303 e. The first-order chi connectivity index (χ1) is 12.0. The van der Waals surface area contributed by atoms with Gasteiger partial charge in [-0.1, -0.05) is 32.1 Å². The number of carboxylic acid groups (broad SMARTS) is 2. The van der Waals surface area contributed by atoms with E-state index in [0.717, 1.165) is 70.6 Å². The zero-order valence-corrected chi connectivity index (χ0v) is 15.4. The maximum atomic E-state index is 10.2. The summed E-state index contributed by atoms with van der Waals surface area (Å²) < 4.78 is 0. The molecule has 25 heavy (non-hydrogen) atoms. The van der Waals surface area contributed by atoms with Crippen LogP contribution in [0.2, 0.25) is 0 Å². The topological polar surface area (TPSA) is 115 Å². The Morgan fingerprint density at radius 1 is 0.600 bits per heavy atom. The summed E-state index contributed by atoms with van der Waals surface area (Å²) in [6, 6.07) is 0. The van der Waals surface area contributed by atoms with Crippen LogP contribution in [-0.4, -0.2) is 45.6 Å². The van der Waals surface area contributed by atoms with E-state index >= 15 is 0 Å². The molecule has 0 radical (unpaired) electrons. The lowest BCUT2D eigenvalue weighted by Gasteiger charge is -2.25. The molecule has 0 heterocycles. The molecule has 0 atom stereocenters. The van der Waals surface area contributed by atoms with Crippen molar-refractivity contribution in [3.63, 3.8) is 0 Å². The molecule has 1 aliphatic rings. The van der Waals surface area contributed by atoms with E-state index in [2.05, 4.69) is 0 Å². The second-order valence-corrected chi connectivity index (χ2v) is 7.01. The lowest BCUT2D eigenvalue weighted by atomic mass is 9.83. The molecule has 0 amide bonds. The molecular formula is C19H36O6. The van der Waals surface area contributed by atoms with Crippen molar-refractivity contribution in [2.75, 3.05) is 13.2 Å². The normalized spacial score (nSPS) is 19.8. The summed E-state index contributed by atoms with van der Waals surface area (Å²) in [4.78, 5) is 20.4.